The van der Waals surface area contributed by atoms with Crippen LogP contribution < -0.4 is 10.2 Å². The summed E-state index contributed by atoms with van der Waals surface area (Å²) in [5.41, 5.74) is 1.31. The van der Waals surface area contributed by atoms with Crippen LogP contribution in [0.2, 0.25) is 0 Å². The van der Waals surface area contributed by atoms with E-state index in [4.69, 9.17) is 4.74 Å². The number of aromatic nitrogens is 1. The van der Waals surface area contributed by atoms with Gasteiger partial charge in [-0.1, -0.05) is 6.92 Å². The minimum absolute atomic E-state index is 0.637. The molecule has 0 spiro atoms. The molecule has 0 aliphatic carbocycles. The van der Waals surface area contributed by atoms with Gasteiger partial charge in [0.05, 0.1) is 6.61 Å². The zero-order valence-corrected chi connectivity index (χ0v) is 12.1. The first-order chi connectivity index (χ1) is 9.33. The average Bonchev–Trinajstić information content (AvgIpc) is 2.46. The summed E-state index contributed by atoms with van der Waals surface area (Å²) in [7, 11) is 1.79. The normalized spacial score (nSPS) is 19.7. The Morgan fingerprint density at radius 3 is 3.21 bits per heavy atom. The van der Waals surface area contributed by atoms with Gasteiger partial charge in [-0.3, -0.25) is 0 Å². The van der Waals surface area contributed by atoms with Gasteiger partial charge in [-0.2, -0.15) is 0 Å². The second-order valence-corrected chi connectivity index (χ2v) is 5.21. The average molecular weight is 263 g/mol. The molecule has 1 saturated heterocycles. The van der Waals surface area contributed by atoms with Crippen molar-refractivity contribution >= 4 is 5.82 Å². The summed E-state index contributed by atoms with van der Waals surface area (Å²) in [6.07, 6.45) is 4.41. The van der Waals surface area contributed by atoms with Crippen LogP contribution in [0, 0.1) is 5.92 Å². The summed E-state index contributed by atoms with van der Waals surface area (Å²) in [4.78, 5) is 6.91. The molecule has 0 bridgehead atoms. The van der Waals surface area contributed by atoms with E-state index in [0.717, 1.165) is 38.6 Å². The summed E-state index contributed by atoms with van der Waals surface area (Å²) in [5.74, 6) is 1.74. The van der Waals surface area contributed by atoms with Gasteiger partial charge >= 0.3 is 0 Å². The van der Waals surface area contributed by atoms with Crippen molar-refractivity contribution in [3.8, 4) is 0 Å². The van der Waals surface area contributed by atoms with Gasteiger partial charge in [0.15, 0.2) is 0 Å². The lowest BCUT2D eigenvalue weighted by molar-refractivity contribution is 0.143. The standard InChI is InChI=1S/C15H25N3O/c1-3-16-10-13-6-7-17-15(9-13)18-8-4-5-14(11-18)12-19-2/h6-7,9,14,16H,3-5,8,10-12H2,1-2H3. The first-order valence-electron chi connectivity index (χ1n) is 7.23. The van der Waals surface area contributed by atoms with Crippen molar-refractivity contribution in [1.82, 2.24) is 10.3 Å². The van der Waals surface area contributed by atoms with Crippen LogP contribution in [0.4, 0.5) is 5.82 Å². The maximum Gasteiger partial charge on any atom is 0.128 e. The van der Waals surface area contributed by atoms with Crippen LogP contribution in [0.3, 0.4) is 0 Å². The highest BCUT2D eigenvalue weighted by atomic mass is 16.5. The lowest BCUT2D eigenvalue weighted by Crippen LogP contribution is -2.37. The van der Waals surface area contributed by atoms with Gasteiger partial charge in [-0.05, 0) is 43.0 Å². The maximum absolute atomic E-state index is 5.29. The molecule has 4 heteroatoms. The van der Waals surface area contributed by atoms with Crippen LogP contribution in [0.1, 0.15) is 25.3 Å². The summed E-state index contributed by atoms with van der Waals surface area (Å²) in [6, 6.07) is 4.29. The Morgan fingerprint density at radius 1 is 1.53 bits per heavy atom. The van der Waals surface area contributed by atoms with E-state index < -0.39 is 0 Å². The Labute approximate surface area is 116 Å². The first-order valence-corrected chi connectivity index (χ1v) is 7.23. The lowest BCUT2D eigenvalue weighted by Gasteiger charge is -2.33. The third-order valence-electron chi connectivity index (χ3n) is 3.63. The predicted octanol–water partition coefficient (Wildman–Crippen LogP) is 2.05. The smallest absolute Gasteiger partial charge is 0.128 e. The third kappa shape index (κ3) is 4.18. The fourth-order valence-corrected chi connectivity index (χ4v) is 2.66. The molecule has 1 N–H and O–H groups in total. The topological polar surface area (TPSA) is 37.4 Å². The zero-order valence-electron chi connectivity index (χ0n) is 12.1. The minimum Gasteiger partial charge on any atom is -0.384 e. The number of hydrogen-bond acceptors (Lipinski definition) is 4. The Kier molecular flexibility index (Phi) is 5.61. The van der Waals surface area contributed by atoms with E-state index >= 15 is 0 Å². The number of hydrogen-bond donors (Lipinski definition) is 1. The number of piperidine rings is 1. The highest BCUT2D eigenvalue weighted by Crippen LogP contribution is 2.22. The quantitative estimate of drug-likeness (QED) is 0.852. The van der Waals surface area contributed by atoms with Crippen LogP contribution in [0.15, 0.2) is 18.3 Å². The van der Waals surface area contributed by atoms with Gasteiger partial charge in [0.25, 0.3) is 0 Å². The van der Waals surface area contributed by atoms with Gasteiger partial charge in [0.1, 0.15) is 5.82 Å². The number of pyridine rings is 1. The van der Waals surface area contributed by atoms with Crippen molar-refractivity contribution in [3.05, 3.63) is 23.9 Å². The molecule has 1 aromatic heterocycles. The number of rotatable bonds is 6. The van der Waals surface area contributed by atoms with Gasteiger partial charge in [0.2, 0.25) is 0 Å². The molecule has 1 aliphatic heterocycles. The second kappa shape index (κ2) is 7.46. The highest BCUT2D eigenvalue weighted by Gasteiger charge is 2.20. The number of ether oxygens (including phenoxy) is 1. The fourth-order valence-electron chi connectivity index (χ4n) is 2.66. The lowest BCUT2D eigenvalue weighted by atomic mass is 9.99. The Bertz CT molecular complexity index is 381. The molecule has 0 radical (unpaired) electrons. The molecule has 2 heterocycles. The molecule has 4 nitrogen and oxygen atoms in total. The third-order valence-corrected chi connectivity index (χ3v) is 3.63. The predicted molar refractivity (Wildman–Crippen MR) is 78.4 cm³/mol. The van der Waals surface area contributed by atoms with Crippen LogP contribution in [0.25, 0.3) is 0 Å². The van der Waals surface area contributed by atoms with E-state index in [1.807, 2.05) is 6.20 Å². The van der Waals surface area contributed by atoms with Crippen molar-refractivity contribution in [2.24, 2.45) is 5.92 Å². The number of nitrogens with zero attached hydrogens (tertiary/aromatic N) is 2. The molecule has 106 valence electrons. The Balaban J connectivity index is 1.99. The van der Waals surface area contributed by atoms with Gasteiger partial charge in [-0.25, -0.2) is 4.98 Å². The molecule has 0 amide bonds. The Morgan fingerprint density at radius 2 is 2.42 bits per heavy atom. The zero-order chi connectivity index (χ0) is 13.5. The Hall–Kier alpha value is -1.13. The van der Waals surface area contributed by atoms with Crippen molar-refractivity contribution in [2.75, 3.05) is 38.3 Å². The van der Waals surface area contributed by atoms with Crippen molar-refractivity contribution in [3.63, 3.8) is 0 Å². The number of methoxy groups -OCH3 is 1. The largest absolute Gasteiger partial charge is 0.384 e. The molecule has 19 heavy (non-hydrogen) atoms. The maximum atomic E-state index is 5.29. The summed E-state index contributed by atoms with van der Waals surface area (Å²) < 4.78 is 5.29. The van der Waals surface area contributed by atoms with Gasteiger partial charge < -0.3 is 15.0 Å². The molecule has 1 unspecified atom stereocenters. The van der Waals surface area contributed by atoms with Crippen molar-refractivity contribution in [2.45, 2.75) is 26.3 Å². The van der Waals surface area contributed by atoms with Crippen LogP contribution >= 0.6 is 0 Å². The highest BCUT2D eigenvalue weighted by molar-refractivity contribution is 5.41. The molecule has 2 rings (SSSR count). The summed E-state index contributed by atoms with van der Waals surface area (Å²) in [5, 5.41) is 3.36. The SMILES string of the molecule is CCNCc1ccnc(N2CCCC(COC)C2)c1. The second-order valence-electron chi connectivity index (χ2n) is 5.21. The molecule has 0 saturated carbocycles. The van der Waals surface area contributed by atoms with E-state index in [0.29, 0.717) is 5.92 Å². The molecular weight excluding hydrogens is 238 g/mol. The molecule has 1 fully saturated rings. The van der Waals surface area contributed by atoms with Crippen molar-refractivity contribution < 1.29 is 4.74 Å². The monoisotopic (exact) mass is 263 g/mol. The fraction of sp³-hybridized carbons (Fsp3) is 0.667. The van der Waals surface area contributed by atoms with Crippen LogP contribution in [-0.4, -0.2) is 38.3 Å². The van der Waals surface area contributed by atoms with Gasteiger partial charge in [0, 0.05) is 32.9 Å². The van der Waals surface area contributed by atoms with E-state index in [9.17, 15) is 0 Å². The van der Waals surface area contributed by atoms with Crippen LogP contribution in [-0.2, 0) is 11.3 Å². The van der Waals surface area contributed by atoms with E-state index in [2.05, 4.69) is 34.3 Å². The molecule has 1 aliphatic rings. The summed E-state index contributed by atoms with van der Waals surface area (Å²) in [6.45, 7) is 7.07. The molecule has 0 aromatic carbocycles. The molecule has 1 atom stereocenters. The van der Waals surface area contributed by atoms with E-state index in [-0.39, 0.29) is 0 Å². The first kappa shape index (κ1) is 14.3. The van der Waals surface area contributed by atoms with E-state index in [1.54, 1.807) is 7.11 Å². The van der Waals surface area contributed by atoms with Gasteiger partial charge in [-0.15, -0.1) is 0 Å². The van der Waals surface area contributed by atoms with E-state index in [1.165, 1.54) is 18.4 Å². The molecular formula is C15H25N3O. The number of nitrogens with one attached hydrogen (secondary N) is 1. The van der Waals surface area contributed by atoms with Crippen molar-refractivity contribution in [1.29, 1.82) is 0 Å². The summed E-state index contributed by atoms with van der Waals surface area (Å²) >= 11 is 0. The number of anilines is 1. The molecule has 1 aromatic rings. The minimum atomic E-state index is 0.637. The van der Waals surface area contributed by atoms with Crippen LogP contribution in [0.5, 0.6) is 0 Å².